The van der Waals surface area contributed by atoms with Gasteiger partial charge in [-0.3, -0.25) is 0 Å². The second kappa shape index (κ2) is 5.28. The molecule has 1 rings (SSSR count). The quantitative estimate of drug-likeness (QED) is 0.806. The molecular weight excluding hydrogens is 248 g/mol. The van der Waals surface area contributed by atoms with Crippen molar-refractivity contribution in [2.45, 2.75) is 39.0 Å². The van der Waals surface area contributed by atoms with Crippen LogP contribution in [0.1, 0.15) is 32.8 Å². The number of aryl methyl sites for hydroxylation is 1. The van der Waals surface area contributed by atoms with Gasteiger partial charge in [-0.25, -0.2) is 13.1 Å². The maximum Gasteiger partial charge on any atom is 0.240 e. The predicted octanol–water partition coefficient (Wildman–Crippen LogP) is 2.29. The molecule has 0 aromatic heterocycles. The molecule has 0 saturated heterocycles. The zero-order valence-electron chi connectivity index (χ0n) is 11.4. The van der Waals surface area contributed by atoms with Crippen molar-refractivity contribution in [3.05, 3.63) is 23.8 Å². The molecule has 0 saturated carbocycles. The molecule has 0 unspecified atom stereocenters. The van der Waals surface area contributed by atoms with Crippen molar-refractivity contribution in [2.75, 3.05) is 12.3 Å². The summed E-state index contributed by atoms with van der Waals surface area (Å²) in [7, 11) is -3.45. The molecule has 0 radical (unpaired) electrons. The van der Waals surface area contributed by atoms with Gasteiger partial charge in [0.2, 0.25) is 10.0 Å². The summed E-state index contributed by atoms with van der Waals surface area (Å²) in [4.78, 5) is 0.265. The van der Waals surface area contributed by atoms with Gasteiger partial charge in [0.25, 0.3) is 0 Å². The molecular formula is C13H22N2O2S. The van der Waals surface area contributed by atoms with Gasteiger partial charge in [-0.2, -0.15) is 0 Å². The number of nitrogens with one attached hydrogen (secondary N) is 1. The molecule has 18 heavy (non-hydrogen) atoms. The van der Waals surface area contributed by atoms with Gasteiger partial charge in [-0.05, 0) is 42.5 Å². The van der Waals surface area contributed by atoms with Crippen LogP contribution < -0.4 is 10.5 Å². The molecule has 3 N–H and O–H groups in total. The molecule has 0 amide bonds. The van der Waals surface area contributed by atoms with E-state index in [1.807, 2.05) is 20.8 Å². The van der Waals surface area contributed by atoms with Crippen LogP contribution in [0.4, 0.5) is 5.69 Å². The van der Waals surface area contributed by atoms with Crippen LogP contribution in [0.15, 0.2) is 23.1 Å². The van der Waals surface area contributed by atoms with Crippen LogP contribution in [0.2, 0.25) is 0 Å². The molecule has 4 nitrogen and oxygen atoms in total. The molecule has 102 valence electrons. The maximum absolute atomic E-state index is 12.1. The van der Waals surface area contributed by atoms with Crippen molar-refractivity contribution < 1.29 is 8.42 Å². The summed E-state index contributed by atoms with van der Waals surface area (Å²) in [5.74, 6) is 0. The Labute approximate surface area is 110 Å². The minimum absolute atomic E-state index is 0.0457. The topological polar surface area (TPSA) is 72.2 Å². The Balaban J connectivity index is 2.90. The lowest BCUT2D eigenvalue weighted by molar-refractivity contribution is 0.350. The van der Waals surface area contributed by atoms with E-state index in [1.54, 1.807) is 19.1 Å². The fraction of sp³-hybridized carbons (Fsp3) is 0.538. The van der Waals surface area contributed by atoms with E-state index in [4.69, 9.17) is 5.73 Å². The number of anilines is 1. The van der Waals surface area contributed by atoms with Gasteiger partial charge in [0, 0.05) is 12.2 Å². The van der Waals surface area contributed by atoms with E-state index >= 15 is 0 Å². The van der Waals surface area contributed by atoms with Gasteiger partial charge in [0.05, 0.1) is 4.90 Å². The summed E-state index contributed by atoms with van der Waals surface area (Å²) >= 11 is 0. The Morgan fingerprint density at radius 3 is 2.44 bits per heavy atom. The van der Waals surface area contributed by atoms with Gasteiger partial charge in [-0.1, -0.05) is 20.8 Å². The van der Waals surface area contributed by atoms with Crippen LogP contribution in [0.5, 0.6) is 0 Å². The van der Waals surface area contributed by atoms with Gasteiger partial charge < -0.3 is 5.73 Å². The summed E-state index contributed by atoms with van der Waals surface area (Å²) in [6.45, 7) is 8.33. The third kappa shape index (κ3) is 3.71. The molecule has 0 fully saturated rings. The Morgan fingerprint density at radius 1 is 1.33 bits per heavy atom. The van der Waals surface area contributed by atoms with Crippen molar-refractivity contribution in [3.63, 3.8) is 0 Å². The lowest BCUT2D eigenvalue weighted by Crippen LogP contribution is -2.33. The number of hydrogen-bond donors (Lipinski definition) is 2. The lowest BCUT2D eigenvalue weighted by atomic mass is 9.91. The fourth-order valence-electron chi connectivity index (χ4n) is 1.31. The first-order valence-corrected chi connectivity index (χ1v) is 7.52. The Kier molecular flexibility index (Phi) is 4.40. The zero-order valence-corrected chi connectivity index (χ0v) is 12.3. The molecule has 0 heterocycles. The summed E-state index contributed by atoms with van der Waals surface area (Å²) in [6.07, 6.45) is 0.913. The highest BCUT2D eigenvalue weighted by atomic mass is 32.2. The van der Waals surface area contributed by atoms with Crippen molar-refractivity contribution >= 4 is 15.7 Å². The number of benzene rings is 1. The second-order valence-corrected chi connectivity index (χ2v) is 7.13. The third-order valence-corrected chi connectivity index (χ3v) is 4.65. The average Bonchev–Trinajstić information content (AvgIpc) is 2.30. The SMILES string of the molecule is CCC(C)(C)CNS(=O)(=O)c1ccc(N)c(C)c1. The first kappa shape index (κ1) is 15.0. The smallest absolute Gasteiger partial charge is 0.240 e. The molecule has 1 aromatic rings. The summed E-state index contributed by atoms with van der Waals surface area (Å²) in [5, 5.41) is 0. The highest BCUT2D eigenvalue weighted by Crippen LogP contribution is 2.20. The number of nitrogen functional groups attached to an aromatic ring is 1. The molecule has 0 aliphatic heterocycles. The first-order valence-electron chi connectivity index (χ1n) is 6.04. The van der Waals surface area contributed by atoms with Crippen LogP contribution in [-0.2, 0) is 10.0 Å². The van der Waals surface area contributed by atoms with E-state index in [9.17, 15) is 8.42 Å². The minimum atomic E-state index is -3.45. The van der Waals surface area contributed by atoms with Gasteiger partial charge in [-0.15, -0.1) is 0 Å². The van der Waals surface area contributed by atoms with Gasteiger partial charge in [0.15, 0.2) is 0 Å². The van der Waals surface area contributed by atoms with E-state index in [2.05, 4.69) is 4.72 Å². The standard InChI is InChI=1S/C13H22N2O2S/c1-5-13(3,4)9-15-18(16,17)11-6-7-12(14)10(2)8-11/h6-8,15H,5,9,14H2,1-4H3. The van der Waals surface area contributed by atoms with E-state index in [0.29, 0.717) is 12.2 Å². The third-order valence-electron chi connectivity index (χ3n) is 3.25. The number of sulfonamides is 1. The minimum Gasteiger partial charge on any atom is -0.399 e. The summed E-state index contributed by atoms with van der Waals surface area (Å²) in [5.41, 5.74) is 7.01. The maximum atomic E-state index is 12.1. The zero-order chi connectivity index (χ0) is 14.0. The highest BCUT2D eigenvalue weighted by molar-refractivity contribution is 7.89. The van der Waals surface area contributed by atoms with Crippen molar-refractivity contribution in [2.24, 2.45) is 5.41 Å². The Bertz CT molecular complexity index is 522. The Hall–Kier alpha value is -1.07. The normalized spacial score (nSPS) is 12.7. The van der Waals surface area contributed by atoms with Crippen LogP contribution in [0.3, 0.4) is 0 Å². The molecule has 0 bridgehead atoms. The summed E-state index contributed by atoms with van der Waals surface area (Å²) < 4.78 is 26.9. The predicted molar refractivity (Wildman–Crippen MR) is 74.9 cm³/mol. The molecule has 5 heteroatoms. The lowest BCUT2D eigenvalue weighted by Gasteiger charge is -2.22. The largest absolute Gasteiger partial charge is 0.399 e. The second-order valence-electron chi connectivity index (χ2n) is 5.36. The van der Waals surface area contributed by atoms with Crippen molar-refractivity contribution in [3.8, 4) is 0 Å². The number of hydrogen-bond acceptors (Lipinski definition) is 3. The van der Waals surface area contributed by atoms with E-state index in [-0.39, 0.29) is 10.3 Å². The van der Waals surface area contributed by atoms with Crippen molar-refractivity contribution in [1.29, 1.82) is 0 Å². The molecule has 1 aromatic carbocycles. The van der Waals surface area contributed by atoms with Crippen LogP contribution in [0.25, 0.3) is 0 Å². The van der Waals surface area contributed by atoms with E-state index < -0.39 is 10.0 Å². The van der Waals surface area contributed by atoms with Crippen molar-refractivity contribution in [1.82, 2.24) is 4.72 Å². The van der Waals surface area contributed by atoms with Crippen LogP contribution >= 0.6 is 0 Å². The van der Waals surface area contributed by atoms with E-state index in [1.165, 1.54) is 6.07 Å². The average molecular weight is 270 g/mol. The fourth-order valence-corrected chi connectivity index (χ4v) is 2.64. The number of rotatable bonds is 5. The van der Waals surface area contributed by atoms with Gasteiger partial charge in [0.1, 0.15) is 0 Å². The van der Waals surface area contributed by atoms with Crippen LogP contribution in [-0.4, -0.2) is 15.0 Å². The van der Waals surface area contributed by atoms with Gasteiger partial charge >= 0.3 is 0 Å². The highest BCUT2D eigenvalue weighted by Gasteiger charge is 2.20. The monoisotopic (exact) mass is 270 g/mol. The number of nitrogens with two attached hydrogens (primary N) is 1. The molecule has 0 aliphatic rings. The molecule has 0 atom stereocenters. The first-order chi connectivity index (χ1) is 8.18. The Morgan fingerprint density at radius 2 is 1.94 bits per heavy atom. The molecule has 0 aliphatic carbocycles. The van der Waals surface area contributed by atoms with Crippen LogP contribution in [0, 0.1) is 12.3 Å². The van der Waals surface area contributed by atoms with E-state index in [0.717, 1.165) is 12.0 Å². The summed E-state index contributed by atoms with van der Waals surface area (Å²) in [6, 6.07) is 4.75. The molecule has 0 spiro atoms.